The van der Waals surface area contributed by atoms with Gasteiger partial charge in [-0.15, -0.1) is 0 Å². The first-order valence-corrected chi connectivity index (χ1v) is 11.0. The van der Waals surface area contributed by atoms with Crippen LogP contribution in [0.2, 0.25) is 5.02 Å². The van der Waals surface area contributed by atoms with Gasteiger partial charge in [0.1, 0.15) is 0 Å². The molecule has 0 unspecified atom stereocenters. The summed E-state index contributed by atoms with van der Waals surface area (Å²) in [7, 11) is 0. The lowest BCUT2D eigenvalue weighted by Crippen LogP contribution is -2.43. The number of amides is 1. The summed E-state index contributed by atoms with van der Waals surface area (Å²) in [6.07, 6.45) is 9.43. The summed E-state index contributed by atoms with van der Waals surface area (Å²) < 4.78 is 0. The average molecular weight is 439 g/mol. The van der Waals surface area contributed by atoms with Crippen LogP contribution < -0.4 is 5.32 Å². The molecule has 0 atom stereocenters. The topological polar surface area (TPSA) is 107 Å². The summed E-state index contributed by atoms with van der Waals surface area (Å²) in [5.74, 6) is -3.17. The van der Waals surface area contributed by atoms with Crippen molar-refractivity contribution in [1.29, 1.82) is 0 Å². The summed E-state index contributed by atoms with van der Waals surface area (Å²) in [5, 5.41) is 18.9. The number of hydrogen-bond donors (Lipinski definition) is 3. The van der Waals surface area contributed by atoms with Gasteiger partial charge in [-0.2, -0.15) is 0 Å². The van der Waals surface area contributed by atoms with Crippen LogP contribution in [-0.4, -0.2) is 52.1 Å². The van der Waals surface area contributed by atoms with Crippen molar-refractivity contribution in [1.82, 2.24) is 10.2 Å². The number of hydrogen-bond acceptors (Lipinski definition) is 4. The van der Waals surface area contributed by atoms with Crippen molar-refractivity contribution in [3.05, 3.63) is 34.9 Å². The number of nitrogens with zero attached hydrogens (tertiary/aromatic N) is 1. The Morgan fingerprint density at radius 1 is 0.933 bits per heavy atom. The molecule has 2 aliphatic rings. The number of carboxylic acids is 2. The van der Waals surface area contributed by atoms with Gasteiger partial charge in [-0.05, 0) is 50.4 Å². The largest absolute Gasteiger partial charge is 0.473 e. The van der Waals surface area contributed by atoms with Crippen molar-refractivity contribution in [3.63, 3.8) is 0 Å². The van der Waals surface area contributed by atoms with Crippen LogP contribution in [0.5, 0.6) is 0 Å². The highest BCUT2D eigenvalue weighted by molar-refractivity contribution is 6.31. The number of aliphatic carboxylic acids is 2. The summed E-state index contributed by atoms with van der Waals surface area (Å²) in [5.41, 5.74) is 1.18. The van der Waals surface area contributed by atoms with Gasteiger partial charge in [-0.3, -0.25) is 9.69 Å². The van der Waals surface area contributed by atoms with E-state index in [0.29, 0.717) is 11.9 Å². The van der Waals surface area contributed by atoms with E-state index in [1.165, 1.54) is 31.2 Å². The first kappa shape index (κ1) is 24.2. The van der Waals surface area contributed by atoms with E-state index in [9.17, 15) is 4.79 Å². The van der Waals surface area contributed by atoms with Crippen LogP contribution >= 0.6 is 11.6 Å². The van der Waals surface area contributed by atoms with E-state index >= 15 is 0 Å². The second-order valence-corrected chi connectivity index (χ2v) is 8.36. The van der Waals surface area contributed by atoms with Gasteiger partial charge < -0.3 is 15.5 Å². The molecule has 1 aliphatic carbocycles. The number of carbonyl (C=O) groups excluding carboxylic acids is 1. The second-order valence-electron chi connectivity index (χ2n) is 7.95. The third-order valence-electron chi connectivity index (χ3n) is 5.69. The third kappa shape index (κ3) is 8.32. The molecule has 7 nitrogen and oxygen atoms in total. The molecule has 1 saturated carbocycles. The molecule has 1 heterocycles. The monoisotopic (exact) mass is 438 g/mol. The van der Waals surface area contributed by atoms with E-state index in [2.05, 4.69) is 16.3 Å². The molecule has 1 aromatic rings. The first-order chi connectivity index (χ1) is 14.4. The molecule has 1 amide bonds. The number of likely N-dealkylation sites (tertiary alicyclic amines) is 1. The van der Waals surface area contributed by atoms with Crippen molar-refractivity contribution in [2.75, 3.05) is 13.1 Å². The second kappa shape index (κ2) is 12.5. The minimum Gasteiger partial charge on any atom is -0.473 e. The van der Waals surface area contributed by atoms with Crippen LogP contribution in [0.15, 0.2) is 24.3 Å². The predicted octanol–water partition coefficient (Wildman–Crippen LogP) is 3.55. The molecule has 3 N–H and O–H groups in total. The van der Waals surface area contributed by atoms with Gasteiger partial charge in [-0.1, -0.05) is 55.5 Å². The van der Waals surface area contributed by atoms with Crippen LogP contribution in [0.1, 0.15) is 56.9 Å². The first-order valence-electron chi connectivity index (χ1n) is 10.6. The minimum absolute atomic E-state index is 0.191. The highest BCUT2D eigenvalue weighted by atomic mass is 35.5. The zero-order chi connectivity index (χ0) is 21.9. The van der Waals surface area contributed by atoms with Gasteiger partial charge in [0, 0.05) is 23.5 Å². The van der Waals surface area contributed by atoms with Crippen molar-refractivity contribution < 1.29 is 24.6 Å². The number of piperidine rings is 1. The Morgan fingerprint density at radius 2 is 1.50 bits per heavy atom. The molecule has 1 aromatic carbocycles. The number of benzene rings is 1. The van der Waals surface area contributed by atoms with Crippen molar-refractivity contribution in [2.45, 2.75) is 64.0 Å². The minimum atomic E-state index is -1.82. The lowest BCUT2D eigenvalue weighted by atomic mass is 9.94. The van der Waals surface area contributed by atoms with E-state index in [1.54, 1.807) is 0 Å². The van der Waals surface area contributed by atoms with Crippen LogP contribution in [0.25, 0.3) is 0 Å². The van der Waals surface area contributed by atoms with Gasteiger partial charge in [0.2, 0.25) is 5.91 Å². The van der Waals surface area contributed by atoms with Crippen molar-refractivity contribution >= 4 is 29.4 Å². The van der Waals surface area contributed by atoms with Gasteiger partial charge in [-0.25, -0.2) is 9.59 Å². The third-order valence-corrected chi connectivity index (χ3v) is 6.06. The van der Waals surface area contributed by atoms with E-state index in [0.717, 1.165) is 50.3 Å². The SMILES string of the molecule is O=C(NC1CCCCCC1)C1CCN(Cc2ccccc2Cl)CC1.O=C(O)C(=O)O. The normalized spacial score (nSPS) is 18.6. The van der Waals surface area contributed by atoms with Crippen molar-refractivity contribution in [3.8, 4) is 0 Å². The Hall–Kier alpha value is -2.12. The van der Waals surface area contributed by atoms with Crippen LogP contribution in [0, 0.1) is 5.92 Å². The van der Waals surface area contributed by atoms with E-state index in [1.807, 2.05) is 18.2 Å². The number of rotatable bonds is 4. The highest BCUT2D eigenvalue weighted by Gasteiger charge is 2.26. The van der Waals surface area contributed by atoms with Gasteiger partial charge in [0.15, 0.2) is 0 Å². The van der Waals surface area contributed by atoms with Crippen LogP contribution in [0.4, 0.5) is 0 Å². The fraction of sp³-hybridized carbons (Fsp3) is 0.591. The average Bonchev–Trinajstić information content (AvgIpc) is 2.99. The molecular weight excluding hydrogens is 408 g/mol. The molecular formula is C22H31ClN2O5. The molecule has 1 saturated heterocycles. The Bertz CT molecular complexity index is 699. The lowest BCUT2D eigenvalue weighted by Gasteiger charge is -2.32. The predicted molar refractivity (Wildman–Crippen MR) is 114 cm³/mol. The Labute approximate surface area is 182 Å². The fourth-order valence-corrected chi connectivity index (χ4v) is 4.16. The van der Waals surface area contributed by atoms with Crippen LogP contribution in [-0.2, 0) is 20.9 Å². The summed E-state index contributed by atoms with van der Waals surface area (Å²) >= 11 is 6.25. The number of carbonyl (C=O) groups is 3. The summed E-state index contributed by atoms with van der Waals surface area (Å²) in [4.78, 5) is 33.2. The smallest absolute Gasteiger partial charge is 0.414 e. The maximum atomic E-state index is 12.5. The highest BCUT2D eigenvalue weighted by Crippen LogP contribution is 2.23. The zero-order valence-corrected chi connectivity index (χ0v) is 17.9. The molecule has 0 bridgehead atoms. The quantitative estimate of drug-likeness (QED) is 0.490. The van der Waals surface area contributed by atoms with Gasteiger partial charge in [0.25, 0.3) is 0 Å². The number of halogens is 1. The lowest BCUT2D eigenvalue weighted by molar-refractivity contribution is -0.159. The zero-order valence-electron chi connectivity index (χ0n) is 17.2. The van der Waals surface area contributed by atoms with E-state index in [-0.39, 0.29) is 5.92 Å². The number of carboxylic acid groups (broad SMARTS) is 2. The molecule has 3 rings (SSSR count). The molecule has 8 heteroatoms. The molecule has 0 radical (unpaired) electrons. The molecule has 0 aromatic heterocycles. The molecule has 166 valence electrons. The summed E-state index contributed by atoms with van der Waals surface area (Å²) in [6, 6.07) is 8.46. The Kier molecular flexibility index (Phi) is 10.1. The van der Waals surface area contributed by atoms with Crippen LogP contribution in [0.3, 0.4) is 0 Å². The Morgan fingerprint density at radius 3 is 2.03 bits per heavy atom. The Balaban J connectivity index is 0.000000469. The maximum Gasteiger partial charge on any atom is 0.414 e. The maximum absolute atomic E-state index is 12.5. The number of nitrogens with one attached hydrogen (secondary N) is 1. The van der Waals surface area contributed by atoms with Gasteiger partial charge >= 0.3 is 11.9 Å². The van der Waals surface area contributed by atoms with Crippen molar-refractivity contribution in [2.24, 2.45) is 5.92 Å². The van der Waals surface area contributed by atoms with E-state index < -0.39 is 11.9 Å². The summed E-state index contributed by atoms with van der Waals surface area (Å²) in [6.45, 7) is 2.85. The van der Waals surface area contributed by atoms with E-state index in [4.69, 9.17) is 31.4 Å². The molecule has 30 heavy (non-hydrogen) atoms. The fourth-order valence-electron chi connectivity index (χ4n) is 3.96. The standard InChI is InChI=1S/C20H29ClN2O.C2H2O4/c21-19-10-6-5-7-17(19)15-23-13-11-16(12-14-23)20(24)22-18-8-3-1-2-4-9-18;3-1(4)2(5)6/h5-7,10,16,18H,1-4,8-9,11-15H2,(H,22,24);(H,3,4)(H,5,6). The molecule has 2 fully saturated rings. The molecule has 1 aliphatic heterocycles. The van der Waals surface area contributed by atoms with Gasteiger partial charge in [0.05, 0.1) is 0 Å². The molecule has 0 spiro atoms.